The van der Waals surface area contributed by atoms with Crippen LogP contribution in [0.1, 0.15) is 47.2 Å². The van der Waals surface area contributed by atoms with E-state index < -0.39 is 11.9 Å². The van der Waals surface area contributed by atoms with Crippen LogP contribution in [0.5, 0.6) is 5.75 Å². The van der Waals surface area contributed by atoms with Gasteiger partial charge in [0, 0.05) is 31.4 Å². The summed E-state index contributed by atoms with van der Waals surface area (Å²) in [6.45, 7) is 1.25. The Bertz CT molecular complexity index is 787. The molecule has 1 atom stereocenters. The molecular weight excluding hydrogens is 352 g/mol. The fraction of sp³-hybridized carbons (Fsp3) is 0.526. The molecule has 0 aromatic heterocycles. The molecule has 3 heterocycles. The molecule has 144 valence electrons. The summed E-state index contributed by atoms with van der Waals surface area (Å²) >= 11 is 0. The van der Waals surface area contributed by atoms with E-state index >= 15 is 0 Å². The number of aliphatic hydroxyl groups is 1. The van der Waals surface area contributed by atoms with Crippen molar-refractivity contribution in [1.29, 1.82) is 0 Å². The van der Waals surface area contributed by atoms with Gasteiger partial charge in [0.15, 0.2) is 0 Å². The molecule has 0 bridgehead atoms. The van der Waals surface area contributed by atoms with Crippen LogP contribution in [-0.2, 0) is 27.5 Å². The number of benzene rings is 1. The van der Waals surface area contributed by atoms with E-state index in [0.717, 1.165) is 18.4 Å². The number of amides is 3. The molecule has 0 aliphatic carbocycles. The highest BCUT2D eigenvalue weighted by atomic mass is 16.5. The molecular formula is C19H22N2O6. The zero-order valence-electron chi connectivity index (χ0n) is 14.9. The maximum atomic E-state index is 13.1. The minimum absolute atomic E-state index is 0.0759. The lowest BCUT2D eigenvalue weighted by molar-refractivity contribution is -0.136. The van der Waals surface area contributed by atoms with Crippen molar-refractivity contribution in [3.05, 3.63) is 28.8 Å². The Morgan fingerprint density at radius 3 is 2.67 bits per heavy atom. The second-order valence-electron chi connectivity index (χ2n) is 7.08. The summed E-state index contributed by atoms with van der Waals surface area (Å²) in [5.41, 5.74) is 1.74. The van der Waals surface area contributed by atoms with E-state index in [-0.39, 0.29) is 37.5 Å². The number of rotatable bonds is 4. The molecule has 2 N–H and O–H groups in total. The van der Waals surface area contributed by atoms with Gasteiger partial charge in [-0.15, -0.1) is 0 Å². The highest BCUT2D eigenvalue weighted by molar-refractivity contribution is 6.06. The Hall–Kier alpha value is -2.45. The van der Waals surface area contributed by atoms with Gasteiger partial charge in [-0.05, 0) is 12.0 Å². The van der Waals surface area contributed by atoms with Gasteiger partial charge in [-0.3, -0.25) is 19.7 Å². The standard InChI is InChI=1S/C19H22N2O6/c22-10-12-2-1-11-9-21(14-3-4-15(23)20-18(14)24)19(25)16(11)17(12)27-13-5-7-26-8-6-13/h1-2,13-14,22H,3-10H2,(H,20,23,24). The van der Waals surface area contributed by atoms with Crippen molar-refractivity contribution in [2.24, 2.45) is 0 Å². The van der Waals surface area contributed by atoms with Gasteiger partial charge in [-0.2, -0.15) is 0 Å². The molecule has 1 aromatic carbocycles. The van der Waals surface area contributed by atoms with Gasteiger partial charge >= 0.3 is 0 Å². The second-order valence-corrected chi connectivity index (χ2v) is 7.08. The number of fused-ring (bicyclic) bond motifs is 1. The normalized spacial score (nSPS) is 23.4. The van der Waals surface area contributed by atoms with Crippen LogP contribution in [-0.4, -0.2) is 53.1 Å². The van der Waals surface area contributed by atoms with E-state index in [0.29, 0.717) is 36.5 Å². The number of aliphatic hydroxyl groups excluding tert-OH is 1. The van der Waals surface area contributed by atoms with E-state index in [1.165, 1.54) is 4.90 Å². The first-order valence-corrected chi connectivity index (χ1v) is 9.23. The largest absolute Gasteiger partial charge is 0.489 e. The highest BCUT2D eigenvalue weighted by Gasteiger charge is 2.41. The van der Waals surface area contributed by atoms with Crippen LogP contribution in [0, 0.1) is 0 Å². The third-order valence-corrected chi connectivity index (χ3v) is 5.35. The van der Waals surface area contributed by atoms with Crippen molar-refractivity contribution >= 4 is 17.7 Å². The fourth-order valence-electron chi connectivity index (χ4n) is 3.88. The predicted octanol–water partition coefficient (Wildman–Crippen LogP) is 0.498. The number of nitrogens with one attached hydrogen (secondary N) is 1. The van der Waals surface area contributed by atoms with Crippen molar-refractivity contribution in [3.8, 4) is 5.75 Å². The average molecular weight is 374 g/mol. The summed E-state index contributed by atoms with van der Waals surface area (Å²) < 4.78 is 11.5. The lowest BCUT2D eigenvalue weighted by Gasteiger charge is -2.29. The smallest absolute Gasteiger partial charge is 0.258 e. The highest BCUT2D eigenvalue weighted by Crippen LogP contribution is 2.37. The van der Waals surface area contributed by atoms with Gasteiger partial charge in [0.05, 0.1) is 25.4 Å². The number of hydrogen-bond donors (Lipinski definition) is 2. The number of carbonyl (C=O) groups is 3. The Labute approximate surface area is 156 Å². The van der Waals surface area contributed by atoms with Crippen molar-refractivity contribution in [1.82, 2.24) is 10.2 Å². The molecule has 8 heteroatoms. The predicted molar refractivity (Wildman–Crippen MR) is 92.9 cm³/mol. The third-order valence-electron chi connectivity index (χ3n) is 5.35. The summed E-state index contributed by atoms with van der Waals surface area (Å²) in [7, 11) is 0. The van der Waals surface area contributed by atoms with E-state index in [4.69, 9.17) is 9.47 Å². The second kappa shape index (κ2) is 7.28. The summed E-state index contributed by atoms with van der Waals surface area (Å²) in [5.74, 6) is -0.647. The molecule has 3 aliphatic rings. The van der Waals surface area contributed by atoms with Gasteiger partial charge < -0.3 is 19.5 Å². The van der Waals surface area contributed by atoms with Gasteiger partial charge in [-0.1, -0.05) is 12.1 Å². The SMILES string of the molecule is O=C1CCC(N2Cc3ccc(CO)c(OC4CCOCC4)c3C2=O)C(=O)N1. The van der Waals surface area contributed by atoms with E-state index in [2.05, 4.69) is 5.32 Å². The first-order chi connectivity index (χ1) is 13.1. The molecule has 4 rings (SSSR count). The van der Waals surface area contributed by atoms with Crippen LogP contribution in [0.2, 0.25) is 0 Å². The first-order valence-electron chi connectivity index (χ1n) is 9.23. The molecule has 0 radical (unpaired) electrons. The van der Waals surface area contributed by atoms with Gasteiger partial charge in [-0.25, -0.2) is 0 Å². The average Bonchev–Trinajstić information content (AvgIpc) is 3.00. The van der Waals surface area contributed by atoms with Gasteiger partial charge in [0.25, 0.3) is 5.91 Å². The lowest BCUT2D eigenvalue weighted by Crippen LogP contribution is -2.52. The Morgan fingerprint density at radius 2 is 1.96 bits per heavy atom. The van der Waals surface area contributed by atoms with Crippen LogP contribution >= 0.6 is 0 Å². The molecule has 1 aromatic rings. The number of hydrogen-bond acceptors (Lipinski definition) is 6. The van der Waals surface area contributed by atoms with Crippen LogP contribution in [0.3, 0.4) is 0 Å². The summed E-state index contributed by atoms with van der Waals surface area (Å²) in [4.78, 5) is 38.2. The Balaban J connectivity index is 1.63. The monoisotopic (exact) mass is 374 g/mol. The minimum atomic E-state index is -0.670. The molecule has 0 spiro atoms. The molecule has 27 heavy (non-hydrogen) atoms. The van der Waals surface area contributed by atoms with E-state index in [9.17, 15) is 19.5 Å². The van der Waals surface area contributed by atoms with Crippen molar-refractivity contribution < 1.29 is 29.0 Å². The zero-order valence-corrected chi connectivity index (χ0v) is 14.9. The van der Waals surface area contributed by atoms with E-state index in [1.54, 1.807) is 12.1 Å². The van der Waals surface area contributed by atoms with Gasteiger partial charge in [0.1, 0.15) is 17.9 Å². The van der Waals surface area contributed by atoms with Crippen molar-refractivity contribution in [3.63, 3.8) is 0 Å². The van der Waals surface area contributed by atoms with Crippen molar-refractivity contribution in [2.45, 2.75) is 51.0 Å². The molecule has 8 nitrogen and oxygen atoms in total. The van der Waals surface area contributed by atoms with Crippen molar-refractivity contribution in [2.75, 3.05) is 13.2 Å². The topological polar surface area (TPSA) is 105 Å². The van der Waals surface area contributed by atoms with Crippen LogP contribution in [0.15, 0.2) is 12.1 Å². The maximum absolute atomic E-state index is 13.1. The van der Waals surface area contributed by atoms with Crippen LogP contribution < -0.4 is 10.1 Å². The number of imide groups is 1. The molecule has 0 saturated carbocycles. The number of ether oxygens (including phenoxy) is 2. The summed E-state index contributed by atoms with van der Waals surface area (Å²) in [6, 6.07) is 2.88. The number of nitrogens with zero attached hydrogens (tertiary/aromatic N) is 1. The van der Waals surface area contributed by atoms with Crippen LogP contribution in [0.25, 0.3) is 0 Å². The van der Waals surface area contributed by atoms with Crippen LogP contribution in [0.4, 0.5) is 0 Å². The molecule has 1 unspecified atom stereocenters. The quantitative estimate of drug-likeness (QED) is 0.744. The third kappa shape index (κ3) is 3.30. The van der Waals surface area contributed by atoms with Gasteiger partial charge in [0.2, 0.25) is 11.8 Å². The minimum Gasteiger partial charge on any atom is -0.489 e. The summed E-state index contributed by atoms with van der Waals surface area (Å²) in [5, 5.41) is 12.0. The maximum Gasteiger partial charge on any atom is 0.258 e. The Kier molecular flexibility index (Phi) is 4.84. The first kappa shape index (κ1) is 17.9. The molecule has 2 saturated heterocycles. The Morgan fingerprint density at radius 1 is 1.19 bits per heavy atom. The molecule has 2 fully saturated rings. The molecule has 3 amide bonds. The number of carbonyl (C=O) groups excluding carboxylic acids is 3. The zero-order chi connectivity index (χ0) is 19.0. The number of piperidine rings is 1. The fourth-order valence-corrected chi connectivity index (χ4v) is 3.88. The van der Waals surface area contributed by atoms with E-state index in [1.807, 2.05) is 0 Å². The summed E-state index contributed by atoms with van der Waals surface area (Å²) in [6.07, 6.45) is 1.89. The lowest BCUT2D eigenvalue weighted by atomic mass is 10.0. The molecule has 3 aliphatic heterocycles.